The van der Waals surface area contributed by atoms with Crippen molar-refractivity contribution < 1.29 is 23.8 Å². The van der Waals surface area contributed by atoms with Crippen LogP contribution in [0.15, 0.2) is 72.8 Å². The summed E-state index contributed by atoms with van der Waals surface area (Å²) in [6.45, 7) is 2.46. The van der Waals surface area contributed by atoms with Crippen LogP contribution < -0.4 is 20.9 Å². The number of benzene rings is 3. The molecule has 37 heavy (non-hydrogen) atoms. The summed E-state index contributed by atoms with van der Waals surface area (Å²) in [7, 11) is 0. The summed E-state index contributed by atoms with van der Waals surface area (Å²) < 4.78 is 16.2. The fraction of sp³-hybridized carbons (Fsp3) is 0.267. The van der Waals surface area contributed by atoms with Crippen molar-refractivity contribution in [1.82, 2.24) is 0 Å². The Balaban J connectivity index is 1.38. The largest absolute Gasteiger partial charge is 0.490 e. The molecule has 0 saturated heterocycles. The van der Waals surface area contributed by atoms with Crippen LogP contribution in [-0.2, 0) is 16.0 Å². The summed E-state index contributed by atoms with van der Waals surface area (Å²) in [5.41, 5.74) is 14.5. The van der Waals surface area contributed by atoms with E-state index in [4.69, 9.17) is 25.7 Å². The maximum Gasteiger partial charge on any atom is 0.338 e. The van der Waals surface area contributed by atoms with E-state index in [1.807, 2.05) is 36.4 Å². The number of unbranched alkanes of at least 4 members (excludes halogenated alkanes) is 3. The van der Waals surface area contributed by atoms with Crippen molar-refractivity contribution in [3.63, 3.8) is 0 Å². The van der Waals surface area contributed by atoms with Gasteiger partial charge in [-0.05, 0) is 72.5 Å². The summed E-state index contributed by atoms with van der Waals surface area (Å²) in [6, 6.07) is 19.4. The van der Waals surface area contributed by atoms with Gasteiger partial charge in [0, 0.05) is 17.5 Å². The number of ether oxygens (including phenoxy) is 3. The van der Waals surface area contributed by atoms with Crippen molar-refractivity contribution in [1.29, 1.82) is 0 Å². The molecule has 7 heteroatoms. The second-order valence-electron chi connectivity index (χ2n) is 8.65. The molecular weight excluding hydrogens is 468 g/mol. The van der Waals surface area contributed by atoms with Crippen LogP contribution >= 0.6 is 0 Å². The molecule has 194 valence electrons. The topological polar surface area (TPSA) is 114 Å². The Bertz CT molecular complexity index is 1170. The van der Waals surface area contributed by atoms with Gasteiger partial charge in [-0.3, -0.25) is 0 Å². The lowest BCUT2D eigenvalue weighted by atomic mass is 10.1. The minimum absolute atomic E-state index is 0.0703. The summed E-state index contributed by atoms with van der Waals surface area (Å²) in [5.74, 6) is 0.169. The van der Waals surface area contributed by atoms with E-state index in [0.29, 0.717) is 28.4 Å². The van der Waals surface area contributed by atoms with E-state index in [9.17, 15) is 9.59 Å². The Morgan fingerprint density at radius 3 is 2.16 bits per heavy atom. The van der Waals surface area contributed by atoms with Gasteiger partial charge in [0.05, 0.1) is 5.56 Å². The molecule has 3 aromatic carbocycles. The molecule has 0 heterocycles. The van der Waals surface area contributed by atoms with Gasteiger partial charge in [-0.2, -0.15) is 0 Å². The molecule has 4 N–H and O–H groups in total. The van der Waals surface area contributed by atoms with Crippen LogP contribution in [0, 0.1) is 0 Å². The second kappa shape index (κ2) is 14.3. The number of carbonyl (C=O) groups excluding carboxylic acids is 2. The number of aryl methyl sites for hydroxylation is 1. The fourth-order valence-corrected chi connectivity index (χ4v) is 3.64. The monoisotopic (exact) mass is 502 g/mol. The van der Waals surface area contributed by atoms with E-state index < -0.39 is 11.9 Å². The molecule has 0 spiro atoms. The van der Waals surface area contributed by atoms with Crippen molar-refractivity contribution in [2.24, 2.45) is 0 Å². The van der Waals surface area contributed by atoms with Gasteiger partial charge in [-0.1, -0.05) is 50.5 Å². The molecule has 0 aliphatic carbocycles. The Morgan fingerprint density at radius 2 is 1.49 bits per heavy atom. The first-order chi connectivity index (χ1) is 17.9. The van der Waals surface area contributed by atoms with E-state index in [2.05, 4.69) is 6.92 Å². The molecule has 0 aliphatic heterocycles. The second-order valence-corrected chi connectivity index (χ2v) is 8.65. The van der Waals surface area contributed by atoms with Crippen molar-refractivity contribution in [2.75, 3.05) is 24.7 Å². The van der Waals surface area contributed by atoms with Crippen LogP contribution in [0.3, 0.4) is 0 Å². The Labute approximate surface area is 218 Å². The summed E-state index contributed by atoms with van der Waals surface area (Å²) >= 11 is 0. The summed E-state index contributed by atoms with van der Waals surface area (Å²) in [6.07, 6.45) is 9.00. The predicted molar refractivity (Wildman–Crippen MR) is 146 cm³/mol. The zero-order valence-corrected chi connectivity index (χ0v) is 21.2. The molecule has 3 aromatic rings. The van der Waals surface area contributed by atoms with Gasteiger partial charge >= 0.3 is 11.9 Å². The third kappa shape index (κ3) is 9.72. The van der Waals surface area contributed by atoms with Crippen molar-refractivity contribution in [3.8, 4) is 11.5 Å². The van der Waals surface area contributed by atoms with Gasteiger partial charge in [0.25, 0.3) is 0 Å². The zero-order chi connectivity index (χ0) is 26.5. The fourth-order valence-electron chi connectivity index (χ4n) is 3.64. The van der Waals surface area contributed by atoms with Gasteiger partial charge in [0.1, 0.15) is 24.7 Å². The van der Waals surface area contributed by atoms with Gasteiger partial charge in [0.15, 0.2) is 0 Å². The Morgan fingerprint density at radius 1 is 0.811 bits per heavy atom. The van der Waals surface area contributed by atoms with Gasteiger partial charge in [0.2, 0.25) is 0 Å². The van der Waals surface area contributed by atoms with Crippen LogP contribution in [0.2, 0.25) is 0 Å². The van der Waals surface area contributed by atoms with Crippen molar-refractivity contribution in [3.05, 3.63) is 89.5 Å². The van der Waals surface area contributed by atoms with Crippen LogP contribution in [0.25, 0.3) is 6.08 Å². The van der Waals surface area contributed by atoms with Gasteiger partial charge in [-0.25, -0.2) is 9.59 Å². The standard InChI is InChI=1S/C30H34N2O5/c1-2-3-4-5-6-22-9-14-28(15-10-22)37-29(33)16-11-23-7-12-27(13-8-23)35-17-18-36-30(34)24-19-25(31)21-26(32)20-24/h7-16,19-21H,2-6,17-18,31-32H2,1H3. The molecule has 0 aromatic heterocycles. The molecular formula is C30H34N2O5. The molecule has 0 amide bonds. The number of esters is 2. The molecule has 0 aliphatic rings. The van der Waals surface area contributed by atoms with Crippen LogP contribution in [0.4, 0.5) is 11.4 Å². The lowest BCUT2D eigenvalue weighted by Gasteiger charge is -2.08. The minimum Gasteiger partial charge on any atom is -0.490 e. The number of carbonyl (C=O) groups is 2. The normalized spacial score (nSPS) is 10.8. The van der Waals surface area contributed by atoms with Gasteiger partial charge < -0.3 is 25.7 Å². The number of anilines is 2. The smallest absolute Gasteiger partial charge is 0.338 e. The number of hydrogen-bond donors (Lipinski definition) is 2. The molecule has 3 rings (SSSR count). The highest BCUT2D eigenvalue weighted by atomic mass is 16.6. The minimum atomic E-state index is -0.520. The van der Waals surface area contributed by atoms with E-state index in [1.54, 1.807) is 24.3 Å². The highest BCUT2D eigenvalue weighted by Crippen LogP contribution is 2.17. The average molecular weight is 503 g/mol. The maximum atomic E-state index is 12.2. The average Bonchev–Trinajstić information content (AvgIpc) is 2.89. The molecule has 0 saturated carbocycles. The van der Waals surface area contributed by atoms with Crippen molar-refractivity contribution >= 4 is 29.4 Å². The molecule has 0 atom stereocenters. The first-order valence-electron chi connectivity index (χ1n) is 12.5. The van der Waals surface area contributed by atoms with E-state index >= 15 is 0 Å². The first-order valence-corrected chi connectivity index (χ1v) is 12.5. The summed E-state index contributed by atoms with van der Waals surface area (Å²) in [4.78, 5) is 24.2. The first kappa shape index (κ1) is 27.3. The highest BCUT2D eigenvalue weighted by molar-refractivity contribution is 5.91. The van der Waals surface area contributed by atoms with E-state index in [1.165, 1.54) is 49.5 Å². The van der Waals surface area contributed by atoms with Crippen LogP contribution in [0.1, 0.15) is 54.1 Å². The quantitative estimate of drug-likeness (QED) is 0.0994. The maximum absolute atomic E-state index is 12.2. The predicted octanol–water partition coefficient (Wildman–Crippen LogP) is 5.83. The third-order valence-corrected chi connectivity index (χ3v) is 5.55. The lowest BCUT2D eigenvalue weighted by molar-refractivity contribution is -0.128. The van der Waals surface area contributed by atoms with E-state index in [0.717, 1.165) is 12.0 Å². The molecule has 0 radical (unpaired) electrons. The number of rotatable bonds is 13. The number of nitrogen functional groups attached to an aromatic ring is 2. The summed E-state index contributed by atoms with van der Waals surface area (Å²) in [5, 5.41) is 0. The van der Waals surface area contributed by atoms with Crippen molar-refractivity contribution in [2.45, 2.75) is 39.0 Å². The van der Waals surface area contributed by atoms with E-state index in [-0.39, 0.29) is 13.2 Å². The molecule has 0 fully saturated rings. The highest BCUT2D eigenvalue weighted by Gasteiger charge is 2.09. The molecule has 0 unspecified atom stereocenters. The van der Waals surface area contributed by atoms with Gasteiger partial charge in [-0.15, -0.1) is 0 Å². The molecule has 7 nitrogen and oxygen atoms in total. The van der Waals surface area contributed by atoms with Crippen LogP contribution in [0.5, 0.6) is 11.5 Å². The Kier molecular flexibility index (Phi) is 10.6. The number of hydrogen-bond acceptors (Lipinski definition) is 7. The zero-order valence-electron chi connectivity index (χ0n) is 21.2. The third-order valence-electron chi connectivity index (χ3n) is 5.55. The molecule has 0 bridgehead atoms. The lowest BCUT2D eigenvalue weighted by Crippen LogP contribution is -2.13. The number of nitrogens with two attached hydrogens (primary N) is 2. The van der Waals surface area contributed by atoms with Crippen LogP contribution in [-0.4, -0.2) is 25.2 Å². The SMILES string of the molecule is CCCCCCc1ccc(OC(=O)C=Cc2ccc(OCCOC(=O)c3cc(N)cc(N)c3)cc2)cc1. The Hall–Kier alpha value is -4.26.